The lowest BCUT2D eigenvalue weighted by molar-refractivity contribution is -0.138. The molecule has 3 nitrogen and oxygen atoms in total. The van der Waals surface area contributed by atoms with E-state index in [0.29, 0.717) is 12.6 Å². The Morgan fingerprint density at radius 3 is 2.37 bits per heavy atom. The van der Waals surface area contributed by atoms with Crippen molar-refractivity contribution in [2.24, 2.45) is 5.92 Å². The van der Waals surface area contributed by atoms with Crippen LogP contribution in [0.15, 0.2) is 24.3 Å². The van der Waals surface area contributed by atoms with Crippen molar-refractivity contribution in [1.29, 1.82) is 0 Å². The molecule has 1 saturated carbocycles. The van der Waals surface area contributed by atoms with Crippen LogP contribution >= 0.6 is 12.4 Å². The van der Waals surface area contributed by atoms with Gasteiger partial charge in [-0.05, 0) is 30.5 Å². The molecule has 0 radical (unpaired) electrons. The second-order valence-electron chi connectivity index (χ2n) is 5.18. The van der Waals surface area contributed by atoms with E-state index >= 15 is 0 Å². The lowest BCUT2D eigenvalue weighted by Gasteiger charge is -2.32. The SMILES string of the molecule is Cl.O=C(C1CNC1)N(Cc1ccc(F)cc1)C1CC1. The van der Waals surface area contributed by atoms with Crippen molar-refractivity contribution >= 4 is 18.3 Å². The quantitative estimate of drug-likeness (QED) is 0.917. The number of carbonyl (C=O) groups is 1. The van der Waals surface area contributed by atoms with Gasteiger partial charge in [-0.15, -0.1) is 12.4 Å². The van der Waals surface area contributed by atoms with Gasteiger partial charge in [0.25, 0.3) is 0 Å². The Morgan fingerprint density at radius 2 is 1.89 bits per heavy atom. The summed E-state index contributed by atoms with van der Waals surface area (Å²) >= 11 is 0. The highest BCUT2D eigenvalue weighted by Crippen LogP contribution is 2.30. The second kappa shape index (κ2) is 5.88. The molecule has 2 aliphatic rings. The van der Waals surface area contributed by atoms with E-state index in [1.807, 2.05) is 4.90 Å². The van der Waals surface area contributed by atoms with Crippen LogP contribution in [0.3, 0.4) is 0 Å². The first-order valence-corrected chi connectivity index (χ1v) is 6.49. The third-order valence-electron chi connectivity index (χ3n) is 3.67. The Balaban J connectivity index is 0.00000133. The molecule has 104 valence electrons. The van der Waals surface area contributed by atoms with Crippen molar-refractivity contribution in [3.63, 3.8) is 0 Å². The third-order valence-corrected chi connectivity index (χ3v) is 3.67. The van der Waals surface area contributed by atoms with Gasteiger partial charge >= 0.3 is 0 Å². The highest BCUT2D eigenvalue weighted by molar-refractivity contribution is 5.85. The number of benzene rings is 1. The van der Waals surface area contributed by atoms with Gasteiger partial charge in [-0.2, -0.15) is 0 Å². The van der Waals surface area contributed by atoms with Crippen LogP contribution in [0.25, 0.3) is 0 Å². The van der Waals surface area contributed by atoms with Crippen molar-refractivity contribution in [2.45, 2.75) is 25.4 Å². The molecule has 1 N–H and O–H groups in total. The van der Waals surface area contributed by atoms with E-state index in [1.54, 1.807) is 12.1 Å². The highest BCUT2D eigenvalue weighted by atomic mass is 35.5. The van der Waals surface area contributed by atoms with Crippen LogP contribution in [-0.4, -0.2) is 29.9 Å². The fourth-order valence-electron chi connectivity index (χ4n) is 2.26. The Bertz CT molecular complexity index is 443. The predicted molar refractivity (Wildman–Crippen MR) is 73.6 cm³/mol. The van der Waals surface area contributed by atoms with Crippen LogP contribution in [0.2, 0.25) is 0 Å². The Morgan fingerprint density at radius 1 is 1.26 bits per heavy atom. The van der Waals surface area contributed by atoms with E-state index in [-0.39, 0.29) is 30.0 Å². The number of rotatable bonds is 4. The van der Waals surface area contributed by atoms with Gasteiger partial charge in [0.2, 0.25) is 5.91 Å². The summed E-state index contributed by atoms with van der Waals surface area (Å²) in [4.78, 5) is 14.3. The molecule has 1 aliphatic carbocycles. The number of carbonyl (C=O) groups excluding carboxylic acids is 1. The van der Waals surface area contributed by atoms with Gasteiger partial charge in [0.15, 0.2) is 0 Å². The van der Waals surface area contributed by atoms with Gasteiger partial charge in [-0.25, -0.2) is 4.39 Å². The van der Waals surface area contributed by atoms with Crippen molar-refractivity contribution < 1.29 is 9.18 Å². The average Bonchev–Trinajstić information content (AvgIpc) is 3.09. The van der Waals surface area contributed by atoms with Crippen LogP contribution in [-0.2, 0) is 11.3 Å². The van der Waals surface area contributed by atoms with E-state index in [4.69, 9.17) is 0 Å². The van der Waals surface area contributed by atoms with Gasteiger partial charge < -0.3 is 10.2 Å². The van der Waals surface area contributed by atoms with Crippen LogP contribution < -0.4 is 5.32 Å². The zero-order valence-electron chi connectivity index (χ0n) is 10.6. The Labute approximate surface area is 118 Å². The first kappa shape index (κ1) is 14.3. The third kappa shape index (κ3) is 3.25. The first-order chi connectivity index (χ1) is 8.74. The topological polar surface area (TPSA) is 32.3 Å². The molecule has 1 amide bonds. The van der Waals surface area contributed by atoms with Crippen molar-refractivity contribution in [3.05, 3.63) is 35.6 Å². The molecule has 0 atom stereocenters. The van der Waals surface area contributed by atoms with E-state index < -0.39 is 0 Å². The summed E-state index contributed by atoms with van der Waals surface area (Å²) in [5, 5.41) is 3.13. The van der Waals surface area contributed by atoms with Crippen LogP contribution in [0.4, 0.5) is 4.39 Å². The maximum Gasteiger partial charge on any atom is 0.228 e. The number of nitrogens with zero attached hydrogens (tertiary/aromatic N) is 1. The molecule has 5 heteroatoms. The number of nitrogens with one attached hydrogen (secondary N) is 1. The average molecular weight is 285 g/mol. The summed E-state index contributed by atoms with van der Waals surface area (Å²) in [5.41, 5.74) is 1.00. The van der Waals surface area contributed by atoms with Crippen molar-refractivity contribution in [3.8, 4) is 0 Å². The molecule has 2 fully saturated rings. The molecule has 1 aromatic carbocycles. The standard InChI is InChI=1S/C14H17FN2O.ClH/c15-12-3-1-10(2-4-12)9-17(13-5-6-13)14(18)11-7-16-8-11;/h1-4,11,13,16H,5-9H2;1H. The molecule has 3 rings (SSSR count). The lowest BCUT2D eigenvalue weighted by atomic mass is 10.0. The van der Waals surface area contributed by atoms with Crippen LogP contribution in [0, 0.1) is 11.7 Å². The zero-order valence-corrected chi connectivity index (χ0v) is 11.5. The largest absolute Gasteiger partial charge is 0.335 e. The monoisotopic (exact) mass is 284 g/mol. The molecule has 0 spiro atoms. The summed E-state index contributed by atoms with van der Waals surface area (Å²) in [6.07, 6.45) is 2.21. The maximum atomic E-state index is 12.9. The second-order valence-corrected chi connectivity index (χ2v) is 5.18. The van der Waals surface area contributed by atoms with Gasteiger partial charge in [0, 0.05) is 25.7 Å². The lowest BCUT2D eigenvalue weighted by Crippen LogP contribution is -2.52. The number of amides is 1. The summed E-state index contributed by atoms with van der Waals surface area (Å²) < 4.78 is 12.9. The molecule has 0 unspecified atom stereocenters. The summed E-state index contributed by atoms with van der Waals surface area (Å²) in [7, 11) is 0. The van der Waals surface area contributed by atoms with E-state index in [2.05, 4.69) is 5.32 Å². The smallest absolute Gasteiger partial charge is 0.228 e. The number of hydrogen-bond donors (Lipinski definition) is 1. The first-order valence-electron chi connectivity index (χ1n) is 6.49. The van der Waals surface area contributed by atoms with Gasteiger partial charge in [0.05, 0.1) is 5.92 Å². The van der Waals surface area contributed by atoms with Gasteiger partial charge in [-0.1, -0.05) is 12.1 Å². The van der Waals surface area contributed by atoms with Crippen LogP contribution in [0.1, 0.15) is 18.4 Å². The predicted octanol–water partition coefficient (Wildman–Crippen LogP) is 1.96. The fourth-order valence-corrected chi connectivity index (χ4v) is 2.26. The molecule has 1 heterocycles. The summed E-state index contributed by atoms with van der Waals surface area (Å²) in [6, 6.07) is 6.84. The van der Waals surface area contributed by atoms with E-state index in [1.165, 1.54) is 12.1 Å². The van der Waals surface area contributed by atoms with Gasteiger partial charge in [0.1, 0.15) is 5.82 Å². The molecular formula is C14H18ClFN2O. The Hall–Kier alpha value is -1.13. The van der Waals surface area contributed by atoms with Crippen molar-refractivity contribution in [2.75, 3.05) is 13.1 Å². The number of halogens is 2. The highest BCUT2D eigenvalue weighted by Gasteiger charge is 2.37. The summed E-state index contributed by atoms with van der Waals surface area (Å²) in [5.74, 6) is 0.165. The minimum absolute atomic E-state index is 0. The van der Waals surface area contributed by atoms with E-state index in [9.17, 15) is 9.18 Å². The minimum Gasteiger partial charge on any atom is -0.335 e. The van der Waals surface area contributed by atoms with Gasteiger partial charge in [-0.3, -0.25) is 4.79 Å². The molecular weight excluding hydrogens is 267 g/mol. The summed E-state index contributed by atoms with van der Waals surface area (Å²) in [6.45, 7) is 2.21. The molecule has 19 heavy (non-hydrogen) atoms. The van der Waals surface area contributed by atoms with Crippen molar-refractivity contribution in [1.82, 2.24) is 10.2 Å². The zero-order chi connectivity index (χ0) is 12.5. The fraction of sp³-hybridized carbons (Fsp3) is 0.500. The number of hydrogen-bond acceptors (Lipinski definition) is 2. The molecule has 1 aliphatic heterocycles. The van der Waals surface area contributed by atoms with E-state index in [0.717, 1.165) is 31.5 Å². The minimum atomic E-state index is -0.230. The maximum absolute atomic E-state index is 12.9. The van der Waals surface area contributed by atoms with Crippen LogP contribution in [0.5, 0.6) is 0 Å². The molecule has 0 aromatic heterocycles. The molecule has 1 aromatic rings. The normalized spacial score (nSPS) is 18.4. The molecule has 0 bridgehead atoms. The molecule has 1 saturated heterocycles. The Kier molecular flexibility index (Phi) is 4.42.